The van der Waals surface area contributed by atoms with Crippen LogP contribution in [0.15, 0.2) is 48.0 Å². The van der Waals surface area contributed by atoms with Gasteiger partial charge in [-0.1, -0.05) is 37.1 Å². The maximum Gasteiger partial charge on any atom is 0.191 e. The zero-order valence-corrected chi connectivity index (χ0v) is 17.6. The van der Waals surface area contributed by atoms with Crippen molar-refractivity contribution in [2.75, 3.05) is 19.6 Å². The predicted octanol–water partition coefficient (Wildman–Crippen LogP) is 3.00. The van der Waals surface area contributed by atoms with Gasteiger partial charge >= 0.3 is 0 Å². The molecule has 0 amide bonds. The Bertz CT molecular complexity index is 778. The average Bonchev–Trinajstić information content (AvgIpc) is 3.49. The molecule has 1 aliphatic heterocycles. The number of nitrogens with zero attached hydrogens (tertiary/aromatic N) is 4. The Balaban J connectivity index is 1.33. The van der Waals surface area contributed by atoms with Crippen molar-refractivity contribution < 1.29 is 0 Å². The number of hydrogen-bond donors (Lipinski definition) is 2. The van der Waals surface area contributed by atoms with Crippen LogP contribution >= 0.6 is 0 Å². The van der Waals surface area contributed by atoms with Crippen LogP contribution in [0.2, 0.25) is 0 Å². The highest BCUT2D eigenvalue weighted by Crippen LogP contribution is 2.26. The zero-order chi connectivity index (χ0) is 19.9. The Morgan fingerprint density at radius 2 is 2.07 bits per heavy atom. The van der Waals surface area contributed by atoms with Gasteiger partial charge in [0, 0.05) is 50.7 Å². The van der Waals surface area contributed by atoms with E-state index in [2.05, 4.69) is 56.3 Å². The van der Waals surface area contributed by atoms with E-state index < -0.39 is 0 Å². The summed E-state index contributed by atoms with van der Waals surface area (Å²) in [7, 11) is 0. The Kier molecular flexibility index (Phi) is 6.83. The standard InChI is InChI=1S/C23H34N6/c1-2-25-23(27-21-10-12-29(17-21)22-8-3-4-9-22)26-15-19-6-5-7-20(14-19)16-28-13-11-24-18-28/h5-7,11,13-14,18,21-22H,2-4,8-10,12,15-17H2,1H3,(H2,25,26,27). The van der Waals surface area contributed by atoms with Crippen molar-refractivity contribution in [3.63, 3.8) is 0 Å². The maximum atomic E-state index is 4.86. The third-order valence-corrected chi connectivity index (χ3v) is 6.08. The second kappa shape index (κ2) is 9.92. The van der Waals surface area contributed by atoms with Crippen LogP contribution in [0, 0.1) is 0 Å². The second-order valence-corrected chi connectivity index (χ2v) is 8.31. The smallest absolute Gasteiger partial charge is 0.191 e. The van der Waals surface area contributed by atoms with Crippen molar-refractivity contribution in [3.05, 3.63) is 54.1 Å². The van der Waals surface area contributed by atoms with Gasteiger partial charge in [0.15, 0.2) is 5.96 Å². The van der Waals surface area contributed by atoms with Crippen molar-refractivity contribution in [1.82, 2.24) is 25.1 Å². The van der Waals surface area contributed by atoms with E-state index in [0.717, 1.165) is 31.6 Å². The summed E-state index contributed by atoms with van der Waals surface area (Å²) in [6.45, 7) is 6.91. The molecule has 1 saturated heterocycles. The molecule has 29 heavy (non-hydrogen) atoms. The first-order valence-electron chi connectivity index (χ1n) is 11.1. The Hall–Kier alpha value is -2.34. The molecule has 6 heteroatoms. The summed E-state index contributed by atoms with van der Waals surface area (Å²) >= 11 is 0. The van der Waals surface area contributed by atoms with Gasteiger partial charge in [-0.25, -0.2) is 9.98 Å². The highest BCUT2D eigenvalue weighted by atomic mass is 15.3. The number of aromatic nitrogens is 2. The third-order valence-electron chi connectivity index (χ3n) is 6.08. The molecule has 1 aromatic heterocycles. The van der Waals surface area contributed by atoms with Gasteiger partial charge in [-0.15, -0.1) is 0 Å². The van der Waals surface area contributed by atoms with Crippen LogP contribution in [0.25, 0.3) is 0 Å². The Labute approximate surface area is 174 Å². The minimum atomic E-state index is 0.501. The number of guanidine groups is 1. The lowest BCUT2D eigenvalue weighted by Gasteiger charge is -2.24. The molecule has 2 aromatic rings. The number of likely N-dealkylation sites (tertiary alicyclic amines) is 1. The van der Waals surface area contributed by atoms with Gasteiger partial charge in [-0.05, 0) is 37.3 Å². The van der Waals surface area contributed by atoms with E-state index in [0.29, 0.717) is 12.6 Å². The lowest BCUT2D eigenvalue weighted by molar-refractivity contribution is 0.242. The third kappa shape index (κ3) is 5.60. The van der Waals surface area contributed by atoms with E-state index in [-0.39, 0.29) is 0 Å². The van der Waals surface area contributed by atoms with Crippen LogP contribution in [0.1, 0.15) is 50.2 Å². The molecule has 2 fully saturated rings. The van der Waals surface area contributed by atoms with Crippen LogP contribution in [0.5, 0.6) is 0 Å². The number of benzene rings is 1. The molecule has 1 atom stereocenters. The molecular formula is C23H34N6. The van der Waals surface area contributed by atoms with Crippen LogP contribution in [-0.4, -0.2) is 52.1 Å². The van der Waals surface area contributed by atoms with Crippen LogP contribution in [-0.2, 0) is 13.1 Å². The molecule has 0 spiro atoms. The van der Waals surface area contributed by atoms with Crippen LogP contribution in [0.3, 0.4) is 0 Å². The first kappa shape index (κ1) is 20.0. The fourth-order valence-electron chi connectivity index (χ4n) is 4.61. The molecule has 2 aliphatic rings. The van der Waals surface area contributed by atoms with Gasteiger partial charge in [0.25, 0.3) is 0 Å². The van der Waals surface area contributed by atoms with E-state index in [1.807, 2.05) is 18.7 Å². The van der Waals surface area contributed by atoms with Gasteiger partial charge in [-0.2, -0.15) is 0 Å². The number of hydrogen-bond acceptors (Lipinski definition) is 3. The number of rotatable bonds is 7. The fourth-order valence-corrected chi connectivity index (χ4v) is 4.61. The topological polar surface area (TPSA) is 57.5 Å². The molecule has 4 rings (SSSR count). The molecule has 1 saturated carbocycles. The summed E-state index contributed by atoms with van der Waals surface area (Å²) in [5.74, 6) is 0.936. The first-order valence-corrected chi connectivity index (χ1v) is 11.1. The molecule has 0 radical (unpaired) electrons. The first-order chi connectivity index (χ1) is 14.3. The van der Waals surface area contributed by atoms with Gasteiger partial charge in [-0.3, -0.25) is 4.90 Å². The highest BCUT2D eigenvalue weighted by molar-refractivity contribution is 5.80. The predicted molar refractivity (Wildman–Crippen MR) is 118 cm³/mol. The average molecular weight is 395 g/mol. The minimum Gasteiger partial charge on any atom is -0.357 e. The highest BCUT2D eigenvalue weighted by Gasteiger charge is 2.30. The quantitative estimate of drug-likeness (QED) is 0.560. The molecule has 2 heterocycles. The summed E-state index contributed by atoms with van der Waals surface area (Å²) in [5.41, 5.74) is 2.51. The van der Waals surface area contributed by atoms with Gasteiger partial charge < -0.3 is 15.2 Å². The van der Waals surface area contributed by atoms with Gasteiger partial charge in [0.2, 0.25) is 0 Å². The summed E-state index contributed by atoms with van der Waals surface area (Å²) < 4.78 is 2.09. The number of imidazole rings is 1. The summed E-state index contributed by atoms with van der Waals surface area (Å²) in [6, 6.07) is 9.99. The van der Waals surface area contributed by atoms with E-state index >= 15 is 0 Å². The largest absolute Gasteiger partial charge is 0.357 e. The molecule has 1 aliphatic carbocycles. The lowest BCUT2D eigenvalue weighted by Crippen LogP contribution is -2.45. The van der Waals surface area contributed by atoms with E-state index in [1.165, 1.54) is 49.8 Å². The van der Waals surface area contributed by atoms with Crippen LogP contribution < -0.4 is 10.6 Å². The molecular weight excluding hydrogens is 360 g/mol. The van der Waals surface area contributed by atoms with Gasteiger partial charge in [0.1, 0.15) is 0 Å². The monoisotopic (exact) mass is 394 g/mol. The Morgan fingerprint density at radius 3 is 2.86 bits per heavy atom. The van der Waals surface area contributed by atoms with E-state index in [4.69, 9.17) is 4.99 Å². The normalized spacial score (nSPS) is 21.0. The molecule has 1 unspecified atom stereocenters. The lowest BCUT2D eigenvalue weighted by atomic mass is 10.1. The summed E-state index contributed by atoms with van der Waals surface area (Å²) in [6.07, 6.45) is 12.5. The molecule has 0 bridgehead atoms. The zero-order valence-electron chi connectivity index (χ0n) is 17.6. The summed E-state index contributed by atoms with van der Waals surface area (Å²) in [5, 5.41) is 7.10. The van der Waals surface area contributed by atoms with E-state index in [1.54, 1.807) is 0 Å². The van der Waals surface area contributed by atoms with Crippen molar-refractivity contribution in [2.45, 2.75) is 64.2 Å². The fraction of sp³-hybridized carbons (Fsp3) is 0.565. The van der Waals surface area contributed by atoms with Crippen molar-refractivity contribution in [1.29, 1.82) is 0 Å². The summed E-state index contributed by atoms with van der Waals surface area (Å²) in [4.78, 5) is 11.7. The Morgan fingerprint density at radius 1 is 1.21 bits per heavy atom. The SMILES string of the molecule is CCNC(=NCc1cccc(Cn2ccnc2)c1)NC1CCN(C2CCCC2)C1. The van der Waals surface area contributed by atoms with Crippen molar-refractivity contribution in [2.24, 2.45) is 4.99 Å². The van der Waals surface area contributed by atoms with Gasteiger partial charge in [0.05, 0.1) is 12.9 Å². The number of nitrogens with one attached hydrogen (secondary N) is 2. The van der Waals surface area contributed by atoms with Crippen molar-refractivity contribution >= 4 is 5.96 Å². The van der Waals surface area contributed by atoms with Crippen molar-refractivity contribution in [3.8, 4) is 0 Å². The molecule has 2 N–H and O–H groups in total. The second-order valence-electron chi connectivity index (χ2n) is 8.31. The minimum absolute atomic E-state index is 0.501. The maximum absolute atomic E-state index is 4.86. The van der Waals surface area contributed by atoms with E-state index in [9.17, 15) is 0 Å². The number of aliphatic imine (C=N–C) groups is 1. The van der Waals surface area contributed by atoms with Crippen LogP contribution in [0.4, 0.5) is 0 Å². The molecule has 6 nitrogen and oxygen atoms in total. The molecule has 156 valence electrons. The molecule has 1 aromatic carbocycles.